The SMILES string of the molecule is CC(C)C[C@@H](N(C(=O)C1(C(N)=O)CCC1)[C@H](CC(C)C)C1(O)CCCC1)C1(O)CCCC1. The van der Waals surface area contributed by atoms with Gasteiger partial charge in [-0.25, -0.2) is 0 Å². The van der Waals surface area contributed by atoms with Crippen molar-refractivity contribution in [3.63, 3.8) is 0 Å². The van der Waals surface area contributed by atoms with Gasteiger partial charge in [-0.05, 0) is 63.2 Å². The summed E-state index contributed by atoms with van der Waals surface area (Å²) in [5.41, 5.74) is 2.69. The van der Waals surface area contributed by atoms with Crippen LogP contribution in [0.2, 0.25) is 0 Å². The van der Waals surface area contributed by atoms with E-state index >= 15 is 0 Å². The Kier molecular flexibility index (Phi) is 7.66. The third-order valence-electron chi connectivity index (χ3n) is 8.56. The molecule has 0 heterocycles. The molecule has 0 bridgehead atoms. The van der Waals surface area contributed by atoms with E-state index in [0.29, 0.717) is 51.4 Å². The second kappa shape index (κ2) is 9.61. The second-order valence-electron chi connectivity index (χ2n) is 11.9. The summed E-state index contributed by atoms with van der Waals surface area (Å²) in [4.78, 5) is 28.8. The summed E-state index contributed by atoms with van der Waals surface area (Å²) in [5, 5.41) is 23.7. The molecule has 3 saturated carbocycles. The minimum Gasteiger partial charge on any atom is -0.388 e. The van der Waals surface area contributed by atoms with E-state index in [9.17, 15) is 19.8 Å². The Bertz CT molecular complexity index is 637. The van der Waals surface area contributed by atoms with Crippen LogP contribution < -0.4 is 5.73 Å². The third kappa shape index (κ3) is 4.72. The van der Waals surface area contributed by atoms with Gasteiger partial charge in [0, 0.05) is 0 Å². The Labute approximate surface area is 194 Å². The molecule has 0 aliphatic heterocycles. The molecule has 0 aromatic carbocycles. The summed E-state index contributed by atoms with van der Waals surface area (Å²) in [7, 11) is 0. The number of amides is 2. The molecule has 0 spiro atoms. The minimum atomic E-state index is -1.19. The number of primary amides is 1. The van der Waals surface area contributed by atoms with Crippen molar-refractivity contribution in [1.29, 1.82) is 0 Å². The summed E-state index contributed by atoms with van der Waals surface area (Å²) in [6.07, 6.45) is 9.43. The topological polar surface area (TPSA) is 104 Å². The molecule has 2 amide bonds. The molecular weight excluding hydrogens is 404 g/mol. The van der Waals surface area contributed by atoms with E-state index in [2.05, 4.69) is 27.7 Å². The molecule has 32 heavy (non-hydrogen) atoms. The first-order chi connectivity index (χ1) is 15.0. The van der Waals surface area contributed by atoms with E-state index in [0.717, 1.165) is 32.1 Å². The van der Waals surface area contributed by atoms with Crippen molar-refractivity contribution in [2.24, 2.45) is 23.0 Å². The quantitative estimate of drug-likeness (QED) is 0.439. The molecule has 0 unspecified atom stereocenters. The van der Waals surface area contributed by atoms with Crippen molar-refractivity contribution < 1.29 is 19.8 Å². The highest BCUT2D eigenvalue weighted by molar-refractivity contribution is 6.05. The van der Waals surface area contributed by atoms with Crippen LogP contribution in [-0.4, -0.2) is 50.2 Å². The molecule has 3 rings (SSSR count). The lowest BCUT2D eigenvalue weighted by Crippen LogP contribution is -2.68. The van der Waals surface area contributed by atoms with Gasteiger partial charge in [0.05, 0.1) is 23.3 Å². The first kappa shape index (κ1) is 25.5. The highest BCUT2D eigenvalue weighted by Crippen LogP contribution is 2.49. The van der Waals surface area contributed by atoms with Crippen LogP contribution in [0, 0.1) is 17.3 Å². The molecule has 0 radical (unpaired) electrons. The highest BCUT2D eigenvalue weighted by atomic mass is 16.3. The Balaban J connectivity index is 2.13. The van der Waals surface area contributed by atoms with Crippen LogP contribution in [0.1, 0.15) is 111 Å². The fraction of sp³-hybridized carbons (Fsp3) is 0.923. The smallest absolute Gasteiger partial charge is 0.238 e. The first-order valence-corrected chi connectivity index (χ1v) is 13.0. The molecule has 0 aromatic heterocycles. The average molecular weight is 451 g/mol. The molecule has 3 fully saturated rings. The fourth-order valence-electron chi connectivity index (χ4n) is 6.56. The summed E-state index contributed by atoms with van der Waals surface area (Å²) in [6, 6.07) is -0.828. The first-order valence-electron chi connectivity index (χ1n) is 13.0. The van der Waals surface area contributed by atoms with Crippen LogP contribution >= 0.6 is 0 Å². The van der Waals surface area contributed by atoms with E-state index in [1.807, 2.05) is 4.90 Å². The number of rotatable bonds is 10. The molecule has 2 atom stereocenters. The van der Waals surface area contributed by atoms with Crippen LogP contribution in [0.5, 0.6) is 0 Å². The van der Waals surface area contributed by atoms with Crippen LogP contribution in [0.25, 0.3) is 0 Å². The number of carbonyl (C=O) groups excluding carboxylic acids is 2. The highest BCUT2D eigenvalue weighted by Gasteiger charge is 2.58. The predicted octanol–water partition coefficient (Wildman–Crippen LogP) is 3.91. The molecular formula is C26H46N2O4. The number of nitrogens with two attached hydrogens (primary N) is 1. The van der Waals surface area contributed by atoms with Gasteiger partial charge in [0.1, 0.15) is 5.41 Å². The predicted molar refractivity (Wildman–Crippen MR) is 126 cm³/mol. The van der Waals surface area contributed by atoms with Gasteiger partial charge in [-0.15, -0.1) is 0 Å². The Morgan fingerprint density at radius 1 is 0.750 bits per heavy atom. The van der Waals surface area contributed by atoms with Gasteiger partial charge in [-0.1, -0.05) is 59.8 Å². The van der Waals surface area contributed by atoms with E-state index in [1.165, 1.54) is 0 Å². The van der Waals surface area contributed by atoms with E-state index in [1.54, 1.807) is 0 Å². The van der Waals surface area contributed by atoms with E-state index in [-0.39, 0.29) is 17.7 Å². The van der Waals surface area contributed by atoms with Crippen molar-refractivity contribution in [2.75, 3.05) is 0 Å². The normalized spacial score (nSPS) is 25.5. The van der Waals surface area contributed by atoms with E-state index < -0.39 is 34.6 Å². The van der Waals surface area contributed by atoms with Gasteiger partial charge in [0.15, 0.2) is 0 Å². The summed E-state index contributed by atoms with van der Waals surface area (Å²) >= 11 is 0. The van der Waals surface area contributed by atoms with Crippen LogP contribution in [-0.2, 0) is 9.59 Å². The van der Waals surface area contributed by atoms with Gasteiger partial charge in [-0.2, -0.15) is 0 Å². The summed E-state index contributed by atoms with van der Waals surface area (Å²) in [6.45, 7) is 8.46. The zero-order valence-electron chi connectivity index (χ0n) is 20.7. The molecule has 0 aromatic rings. The zero-order valence-corrected chi connectivity index (χ0v) is 20.7. The number of hydrogen-bond donors (Lipinski definition) is 3. The van der Waals surface area contributed by atoms with Gasteiger partial charge >= 0.3 is 0 Å². The number of nitrogens with zero attached hydrogens (tertiary/aromatic N) is 1. The average Bonchev–Trinajstić information content (AvgIpc) is 3.28. The van der Waals surface area contributed by atoms with Gasteiger partial charge in [0.25, 0.3) is 0 Å². The molecule has 6 heteroatoms. The maximum atomic E-state index is 14.3. The van der Waals surface area contributed by atoms with Crippen molar-refractivity contribution in [1.82, 2.24) is 4.90 Å². The van der Waals surface area contributed by atoms with Crippen molar-refractivity contribution in [3.8, 4) is 0 Å². The lowest BCUT2D eigenvalue weighted by atomic mass is 9.65. The number of hydrogen-bond acceptors (Lipinski definition) is 4. The van der Waals surface area contributed by atoms with Crippen LogP contribution in [0.3, 0.4) is 0 Å². The maximum Gasteiger partial charge on any atom is 0.238 e. The molecule has 0 saturated heterocycles. The number of aliphatic hydroxyl groups is 2. The minimum absolute atomic E-state index is 0.242. The Morgan fingerprint density at radius 2 is 1.12 bits per heavy atom. The van der Waals surface area contributed by atoms with Crippen molar-refractivity contribution in [3.05, 3.63) is 0 Å². The van der Waals surface area contributed by atoms with E-state index in [4.69, 9.17) is 5.73 Å². The lowest BCUT2D eigenvalue weighted by molar-refractivity contribution is -0.177. The summed E-state index contributed by atoms with van der Waals surface area (Å²) < 4.78 is 0. The van der Waals surface area contributed by atoms with Crippen LogP contribution in [0.4, 0.5) is 0 Å². The Morgan fingerprint density at radius 3 is 1.38 bits per heavy atom. The largest absolute Gasteiger partial charge is 0.388 e. The Hall–Kier alpha value is -1.14. The second-order valence-corrected chi connectivity index (χ2v) is 11.9. The summed E-state index contributed by atoms with van der Waals surface area (Å²) in [5.74, 6) is -0.261. The molecule has 184 valence electrons. The van der Waals surface area contributed by atoms with Crippen molar-refractivity contribution in [2.45, 2.75) is 134 Å². The fourth-order valence-corrected chi connectivity index (χ4v) is 6.56. The maximum absolute atomic E-state index is 14.3. The zero-order chi connectivity index (χ0) is 23.7. The van der Waals surface area contributed by atoms with Gasteiger partial charge in [0.2, 0.25) is 11.8 Å². The van der Waals surface area contributed by atoms with Gasteiger partial charge in [-0.3, -0.25) is 9.59 Å². The standard InChI is InChI=1S/C26H46N2O4/c1-18(2)16-20(25(31)12-5-6-13-25)28(23(30)24(22(27)29)10-9-11-24)21(17-19(3)4)26(32)14-7-8-15-26/h18-21,31-32H,5-17H2,1-4H3,(H2,27,29)/t20-,21-/m1/s1. The molecule has 3 aliphatic carbocycles. The van der Waals surface area contributed by atoms with Crippen LogP contribution in [0.15, 0.2) is 0 Å². The molecule has 4 N–H and O–H groups in total. The van der Waals surface area contributed by atoms with Crippen molar-refractivity contribution >= 4 is 11.8 Å². The monoisotopic (exact) mass is 450 g/mol. The third-order valence-corrected chi connectivity index (χ3v) is 8.56. The lowest BCUT2D eigenvalue weighted by Gasteiger charge is -2.53. The number of carbonyl (C=O) groups is 2. The molecule has 6 nitrogen and oxygen atoms in total. The van der Waals surface area contributed by atoms with Gasteiger partial charge < -0.3 is 20.8 Å². The molecule has 3 aliphatic rings.